The van der Waals surface area contributed by atoms with Crippen LogP contribution in [0.4, 0.5) is 4.39 Å². The molecule has 0 aliphatic rings. The summed E-state index contributed by atoms with van der Waals surface area (Å²) < 4.78 is 14.5. The van der Waals surface area contributed by atoms with Gasteiger partial charge in [-0.1, -0.05) is 17.8 Å². The Hall–Kier alpha value is -1.40. The minimum absolute atomic E-state index is 0.0855. The monoisotopic (exact) mass is 255 g/mol. The molecule has 3 nitrogen and oxygen atoms in total. The normalized spacial score (nSPS) is 10.3. The van der Waals surface area contributed by atoms with Crippen molar-refractivity contribution in [3.05, 3.63) is 41.2 Å². The summed E-state index contributed by atoms with van der Waals surface area (Å²) in [6, 6.07) is 4.81. The quantitative estimate of drug-likeness (QED) is 0.915. The van der Waals surface area contributed by atoms with Gasteiger partial charge in [0.05, 0.1) is 9.77 Å². The van der Waals surface area contributed by atoms with E-state index in [0.717, 1.165) is 22.0 Å². The van der Waals surface area contributed by atoms with Gasteiger partial charge in [0.15, 0.2) is 5.82 Å². The zero-order chi connectivity index (χ0) is 11.5. The van der Waals surface area contributed by atoms with Gasteiger partial charge in [0.1, 0.15) is 5.03 Å². The zero-order valence-corrected chi connectivity index (χ0v) is 9.52. The highest BCUT2D eigenvalue weighted by molar-refractivity contribution is 8.01. The number of pyridine rings is 1. The number of thiophene rings is 1. The second-order valence-electron chi connectivity index (χ2n) is 2.82. The van der Waals surface area contributed by atoms with E-state index in [0.29, 0.717) is 0 Å². The standard InChI is InChI=1S/C10H6FNO2S2/c11-8-6(10(13)14)3-4-12-9(8)16-7-2-1-5-15-7/h1-5H,(H,13,14). The van der Waals surface area contributed by atoms with Crippen molar-refractivity contribution in [2.75, 3.05) is 0 Å². The molecule has 2 heterocycles. The van der Waals surface area contributed by atoms with Gasteiger partial charge in [0.2, 0.25) is 0 Å². The van der Waals surface area contributed by atoms with Gasteiger partial charge in [-0.05, 0) is 17.5 Å². The molecule has 0 radical (unpaired) electrons. The fourth-order valence-electron chi connectivity index (χ4n) is 1.08. The molecule has 0 spiro atoms. The van der Waals surface area contributed by atoms with Crippen molar-refractivity contribution in [2.24, 2.45) is 0 Å². The lowest BCUT2D eigenvalue weighted by Crippen LogP contribution is -2.02. The minimum Gasteiger partial charge on any atom is -0.478 e. The second kappa shape index (κ2) is 4.63. The van der Waals surface area contributed by atoms with Crippen LogP contribution < -0.4 is 0 Å². The number of carboxylic acid groups (broad SMARTS) is 1. The van der Waals surface area contributed by atoms with E-state index < -0.39 is 11.8 Å². The molecule has 16 heavy (non-hydrogen) atoms. The molecule has 2 aromatic heterocycles. The lowest BCUT2D eigenvalue weighted by Gasteiger charge is -2.02. The molecular weight excluding hydrogens is 249 g/mol. The molecule has 0 saturated carbocycles. The summed E-state index contributed by atoms with van der Waals surface area (Å²) in [6.45, 7) is 0. The lowest BCUT2D eigenvalue weighted by atomic mass is 10.3. The smallest absolute Gasteiger partial charge is 0.338 e. The Balaban J connectivity index is 2.35. The molecule has 6 heteroatoms. The summed E-state index contributed by atoms with van der Waals surface area (Å²) in [4.78, 5) is 14.5. The molecule has 0 unspecified atom stereocenters. The molecule has 0 bridgehead atoms. The third-order valence-corrected chi connectivity index (χ3v) is 3.80. The van der Waals surface area contributed by atoms with Gasteiger partial charge in [0, 0.05) is 6.20 Å². The Morgan fingerprint density at radius 1 is 1.50 bits per heavy atom. The first kappa shape index (κ1) is 11.1. The molecular formula is C10H6FNO2S2. The fourth-order valence-corrected chi connectivity index (χ4v) is 2.77. The summed E-state index contributed by atoms with van der Waals surface area (Å²) in [7, 11) is 0. The van der Waals surface area contributed by atoms with E-state index in [1.165, 1.54) is 17.5 Å². The highest BCUT2D eigenvalue weighted by atomic mass is 32.2. The molecule has 0 aromatic carbocycles. The van der Waals surface area contributed by atoms with Crippen molar-refractivity contribution in [2.45, 2.75) is 9.24 Å². The number of rotatable bonds is 3. The average molecular weight is 255 g/mol. The van der Waals surface area contributed by atoms with E-state index in [1.54, 1.807) is 0 Å². The number of carbonyl (C=O) groups is 1. The maximum absolute atomic E-state index is 13.7. The van der Waals surface area contributed by atoms with Crippen LogP contribution in [0.2, 0.25) is 0 Å². The molecule has 0 amide bonds. The lowest BCUT2D eigenvalue weighted by molar-refractivity contribution is 0.0691. The van der Waals surface area contributed by atoms with Crippen LogP contribution in [0, 0.1) is 5.82 Å². The van der Waals surface area contributed by atoms with E-state index in [-0.39, 0.29) is 10.6 Å². The zero-order valence-electron chi connectivity index (χ0n) is 7.88. The highest BCUT2D eigenvalue weighted by Crippen LogP contribution is 2.32. The molecule has 1 N–H and O–H groups in total. The minimum atomic E-state index is -1.28. The van der Waals surface area contributed by atoms with Crippen molar-refractivity contribution in [1.82, 2.24) is 4.98 Å². The third kappa shape index (κ3) is 2.23. The van der Waals surface area contributed by atoms with Crippen LogP contribution in [-0.2, 0) is 0 Å². The highest BCUT2D eigenvalue weighted by Gasteiger charge is 2.15. The first-order chi connectivity index (χ1) is 7.68. The number of aromatic nitrogens is 1. The Kier molecular flexibility index (Phi) is 3.21. The first-order valence-corrected chi connectivity index (χ1v) is 5.97. The predicted octanol–water partition coefficient (Wildman–Crippen LogP) is 3.13. The largest absolute Gasteiger partial charge is 0.478 e. The third-order valence-electron chi connectivity index (χ3n) is 1.78. The average Bonchev–Trinajstić information content (AvgIpc) is 2.73. The Bertz CT molecular complexity index is 514. The summed E-state index contributed by atoms with van der Waals surface area (Å²) in [5.74, 6) is -2.07. The molecule has 0 saturated heterocycles. The summed E-state index contributed by atoms with van der Waals surface area (Å²) in [5, 5.41) is 10.7. The van der Waals surface area contributed by atoms with E-state index in [9.17, 15) is 9.18 Å². The van der Waals surface area contributed by atoms with Crippen LogP contribution in [-0.4, -0.2) is 16.1 Å². The van der Waals surface area contributed by atoms with Gasteiger partial charge in [-0.2, -0.15) is 0 Å². The topological polar surface area (TPSA) is 50.2 Å². The number of hydrogen-bond donors (Lipinski definition) is 1. The van der Waals surface area contributed by atoms with Gasteiger partial charge in [0.25, 0.3) is 0 Å². The van der Waals surface area contributed by atoms with Gasteiger partial charge < -0.3 is 5.11 Å². The molecule has 2 aromatic rings. The fraction of sp³-hybridized carbons (Fsp3) is 0. The number of nitrogens with zero attached hydrogens (tertiary/aromatic N) is 1. The number of carboxylic acids is 1. The molecule has 2 rings (SSSR count). The van der Waals surface area contributed by atoms with E-state index in [2.05, 4.69) is 4.98 Å². The second-order valence-corrected chi connectivity index (χ2v) is 5.05. The molecule has 0 aliphatic heterocycles. The Morgan fingerprint density at radius 3 is 2.94 bits per heavy atom. The Labute approximate surface area is 99.0 Å². The SMILES string of the molecule is O=C(O)c1ccnc(Sc2cccs2)c1F. The van der Waals surface area contributed by atoms with Gasteiger partial charge >= 0.3 is 5.97 Å². The van der Waals surface area contributed by atoms with Crippen LogP contribution >= 0.6 is 23.1 Å². The van der Waals surface area contributed by atoms with E-state index in [1.807, 2.05) is 17.5 Å². The van der Waals surface area contributed by atoms with Crippen molar-refractivity contribution in [3.63, 3.8) is 0 Å². The van der Waals surface area contributed by atoms with Crippen molar-refractivity contribution >= 4 is 29.1 Å². The van der Waals surface area contributed by atoms with E-state index >= 15 is 0 Å². The van der Waals surface area contributed by atoms with Crippen molar-refractivity contribution in [1.29, 1.82) is 0 Å². The summed E-state index contributed by atoms with van der Waals surface area (Å²) in [6.07, 6.45) is 1.29. The first-order valence-electron chi connectivity index (χ1n) is 4.27. The van der Waals surface area contributed by atoms with Crippen LogP contribution in [0.15, 0.2) is 39.0 Å². The summed E-state index contributed by atoms with van der Waals surface area (Å²) in [5.41, 5.74) is -0.353. The maximum atomic E-state index is 13.7. The summed E-state index contributed by atoms with van der Waals surface area (Å²) >= 11 is 2.57. The van der Waals surface area contributed by atoms with Crippen LogP contribution in [0.3, 0.4) is 0 Å². The predicted molar refractivity (Wildman–Crippen MR) is 59.6 cm³/mol. The van der Waals surface area contributed by atoms with Gasteiger partial charge in [-0.3, -0.25) is 0 Å². The van der Waals surface area contributed by atoms with Crippen LogP contribution in [0.1, 0.15) is 10.4 Å². The van der Waals surface area contributed by atoms with Crippen LogP contribution in [0.25, 0.3) is 0 Å². The van der Waals surface area contributed by atoms with Crippen LogP contribution in [0.5, 0.6) is 0 Å². The van der Waals surface area contributed by atoms with Crippen molar-refractivity contribution < 1.29 is 14.3 Å². The molecule has 0 fully saturated rings. The molecule has 0 aliphatic carbocycles. The number of hydrogen-bond acceptors (Lipinski definition) is 4. The van der Waals surface area contributed by atoms with Crippen molar-refractivity contribution in [3.8, 4) is 0 Å². The molecule has 82 valence electrons. The van der Waals surface area contributed by atoms with Gasteiger partial charge in [-0.25, -0.2) is 14.2 Å². The molecule has 0 atom stereocenters. The Morgan fingerprint density at radius 2 is 2.31 bits per heavy atom. The van der Waals surface area contributed by atoms with Gasteiger partial charge in [-0.15, -0.1) is 11.3 Å². The van der Waals surface area contributed by atoms with E-state index in [4.69, 9.17) is 5.11 Å². The maximum Gasteiger partial charge on any atom is 0.338 e. The number of halogens is 1. The number of aromatic carboxylic acids is 1.